The fraction of sp³-hybridized carbons (Fsp3) is 0.750. The van der Waals surface area contributed by atoms with Crippen molar-refractivity contribution in [2.24, 2.45) is 11.7 Å². The molecule has 0 aromatic carbocycles. The Morgan fingerprint density at radius 1 is 1.38 bits per heavy atom. The lowest BCUT2D eigenvalue weighted by molar-refractivity contribution is 0.377. The van der Waals surface area contributed by atoms with Gasteiger partial charge in [-0.2, -0.15) is 0 Å². The highest BCUT2D eigenvalue weighted by atomic mass is 15.3. The van der Waals surface area contributed by atoms with Gasteiger partial charge in [-0.15, -0.1) is 0 Å². The Balaban J connectivity index is 1.78. The predicted octanol–water partition coefficient (Wildman–Crippen LogP) is 1.39. The van der Waals surface area contributed by atoms with E-state index in [1.165, 1.54) is 12.8 Å². The summed E-state index contributed by atoms with van der Waals surface area (Å²) in [6.07, 6.45) is 7.75. The summed E-state index contributed by atoms with van der Waals surface area (Å²) in [5.41, 5.74) is 6.05. The summed E-state index contributed by atoms with van der Waals surface area (Å²) < 4.78 is 2.34. The zero-order valence-electron chi connectivity index (χ0n) is 9.84. The molecule has 88 valence electrons. The Bertz CT molecular complexity index is 369. The number of imidazole rings is 1. The molecule has 2 unspecified atom stereocenters. The van der Waals surface area contributed by atoms with Crippen molar-refractivity contribution in [1.82, 2.24) is 9.55 Å². The Morgan fingerprint density at radius 2 is 2.19 bits per heavy atom. The van der Waals surface area contributed by atoms with Gasteiger partial charge >= 0.3 is 0 Å². The first kappa shape index (κ1) is 10.1. The average molecular weight is 220 g/mol. The van der Waals surface area contributed by atoms with Crippen LogP contribution in [0.2, 0.25) is 0 Å². The minimum atomic E-state index is 0.362. The molecule has 1 aromatic rings. The van der Waals surface area contributed by atoms with E-state index in [0.717, 1.165) is 25.5 Å². The molecule has 2 N–H and O–H groups in total. The minimum Gasteiger partial charge on any atom is -0.342 e. The van der Waals surface area contributed by atoms with Gasteiger partial charge in [0.05, 0.1) is 0 Å². The van der Waals surface area contributed by atoms with Crippen molar-refractivity contribution in [1.29, 1.82) is 0 Å². The first-order chi connectivity index (χ1) is 7.75. The van der Waals surface area contributed by atoms with E-state index in [2.05, 4.69) is 27.6 Å². The molecule has 1 aliphatic heterocycles. The number of hydrogen-bond donors (Lipinski definition) is 1. The molecule has 0 bridgehead atoms. The second kappa shape index (κ2) is 3.77. The lowest BCUT2D eigenvalue weighted by Crippen LogP contribution is -2.46. The topological polar surface area (TPSA) is 47.1 Å². The molecule has 4 nitrogen and oxygen atoms in total. The van der Waals surface area contributed by atoms with Crippen molar-refractivity contribution < 1.29 is 0 Å². The second-order valence-corrected chi connectivity index (χ2v) is 5.24. The van der Waals surface area contributed by atoms with Gasteiger partial charge in [-0.1, -0.05) is 6.92 Å². The molecular weight excluding hydrogens is 200 g/mol. The number of hydrogen-bond acceptors (Lipinski definition) is 3. The molecule has 0 radical (unpaired) electrons. The Morgan fingerprint density at radius 3 is 2.88 bits per heavy atom. The van der Waals surface area contributed by atoms with Crippen LogP contribution in [0.15, 0.2) is 12.4 Å². The second-order valence-electron chi connectivity index (χ2n) is 5.24. The quantitative estimate of drug-likeness (QED) is 0.819. The predicted molar refractivity (Wildman–Crippen MR) is 64.5 cm³/mol. The lowest BCUT2D eigenvalue weighted by atomic mass is 9.95. The van der Waals surface area contributed by atoms with E-state index in [0.29, 0.717) is 18.0 Å². The van der Waals surface area contributed by atoms with Gasteiger partial charge < -0.3 is 15.2 Å². The van der Waals surface area contributed by atoms with Crippen LogP contribution >= 0.6 is 0 Å². The van der Waals surface area contributed by atoms with Crippen LogP contribution in [0.4, 0.5) is 5.95 Å². The number of rotatable bonds is 2. The highest BCUT2D eigenvalue weighted by molar-refractivity contribution is 5.33. The fourth-order valence-corrected chi connectivity index (χ4v) is 2.53. The summed E-state index contributed by atoms with van der Waals surface area (Å²) in [6, 6.07) is 1.07. The van der Waals surface area contributed by atoms with Gasteiger partial charge in [-0.25, -0.2) is 4.98 Å². The number of nitrogens with zero attached hydrogens (tertiary/aromatic N) is 3. The van der Waals surface area contributed by atoms with E-state index in [1.807, 2.05) is 6.20 Å². The first-order valence-corrected chi connectivity index (χ1v) is 6.29. The van der Waals surface area contributed by atoms with Crippen molar-refractivity contribution in [2.75, 3.05) is 18.0 Å². The molecular formula is C12H20N4. The van der Waals surface area contributed by atoms with Gasteiger partial charge in [-0.3, -0.25) is 0 Å². The normalized spacial score (nSPS) is 30.8. The van der Waals surface area contributed by atoms with E-state index in [9.17, 15) is 0 Å². The maximum Gasteiger partial charge on any atom is 0.205 e. The molecule has 4 heteroatoms. The van der Waals surface area contributed by atoms with Gasteiger partial charge in [0.25, 0.3) is 0 Å². The number of anilines is 1. The summed E-state index contributed by atoms with van der Waals surface area (Å²) >= 11 is 0. The molecule has 1 aromatic heterocycles. The molecule has 16 heavy (non-hydrogen) atoms. The molecule has 0 spiro atoms. The lowest BCUT2D eigenvalue weighted by Gasteiger charge is -2.35. The van der Waals surface area contributed by atoms with E-state index in [1.54, 1.807) is 0 Å². The zero-order valence-corrected chi connectivity index (χ0v) is 9.84. The van der Waals surface area contributed by atoms with E-state index < -0.39 is 0 Å². The summed E-state index contributed by atoms with van der Waals surface area (Å²) in [5.74, 6) is 1.72. The van der Waals surface area contributed by atoms with Crippen LogP contribution in [0.1, 0.15) is 32.2 Å². The number of nitrogens with two attached hydrogens (primary N) is 1. The largest absolute Gasteiger partial charge is 0.342 e. The maximum absolute atomic E-state index is 6.05. The van der Waals surface area contributed by atoms with Crippen LogP contribution < -0.4 is 10.6 Å². The summed E-state index contributed by atoms with van der Waals surface area (Å²) in [5, 5.41) is 0. The third kappa shape index (κ3) is 1.71. The number of aromatic nitrogens is 2. The summed E-state index contributed by atoms with van der Waals surface area (Å²) in [4.78, 5) is 6.90. The third-order valence-electron chi connectivity index (χ3n) is 3.84. The van der Waals surface area contributed by atoms with E-state index >= 15 is 0 Å². The van der Waals surface area contributed by atoms with Crippen LogP contribution in [0.3, 0.4) is 0 Å². The van der Waals surface area contributed by atoms with Gasteiger partial charge in [0.1, 0.15) is 0 Å². The van der Waals surface area contributed by atoms with Crippen molar-refractivity contribution >= 4 is 5.95 Å². The molecule has 1 aliphatic carbocycles. The van der Waals surface area contributed by atoms with Crippen LogP contribution in [0.25, 0.3) is 0 Å². The first-order valence-electron chi connectivity index (χ1n) is 6.29. The van der Waals surface area contributed by atoms with Crippen LogP contribution in [0.5, 0.6) is 0 Å². The molecule has 1 saturated carbocycles. The fourth-order valence-electron chi connectivity index (χ4n) is 2.53. The monoisotopic (exact) mass is 220 g/mol. The molecule has 2 heterocycles. The molecule has 3 rings (SSSR count). The van der Waals surface area contributed by atoms with Crippen molar-refractivity contribution in [3.63, 3.8) is 0 Å². The smallest absolute Gasteiger partial charge is 0.205 e. The van der Waals surface area contributed by atoms with E-state index in [4.69, 9.17) is 5.73 Å². The summed E-state index contributed by atoms with van der Waals surface area (Å²) in [7, 11) is 0. The van der Waals surface area contributed by atoms with Gasteiger partial charge in [0, 0.05) is 37.6 Å². The van der Waals surface area contributed by atoms with Crippen molar-refractivity contribution in [2.45, 2.75) is 38.3 Å². The van der Waals surface area contributed by atoms with Crippen LogP contribution in [0, 0.1) is 5.92 Å². The molecule has 2 aliphatic rings. The highest BCUT2D eigenvalue weighted by Gasteiger charge is 2.30. The number of piperidine rings is 1. The molecule has 1 saturated heterocycles. The standard InChI is InChI=1S/C12H20N4/c1-9-8-15(6-4-11(9)13)12-14-5-7-16(12)10-2-3-10/h5,7,9-11H,2-4,6,8,13H2,1H3. The van der Waals surface area contributed by atoms with Gasteiger partial charge in [-0.05, 0) is 25.2 Å². The molecule has 2 fully saturated rings. The van der Waals surface area contributed by atoms with Crippen LogP contribution in [-0.2, 0) is 0 Å². The van der Waals surface area contributed by atoms with Gasteiger partial charge in [0.2, 0.25) is 5.95 Å². The SMILES string of the molecule is CC1CN(c2nccn2C2CC2)CCC1N. The third-order valence-corrected chi connectivity index (χ3v) is 3.84. The maximum atomic E-state index is 6.05. The molecule has 0 amide bonds. The van der Waals surface area contributed by atoms with E-state index in [-0.39, 0.29) is 0 Å². The Hall–Kier alpha value is -1.03. The van der Waals surface area contributed by atoms with Crippen molar-refractivity contribution in [3.05, 3.63) is 12.4 Å². The minimum absolute atomic E-state index is 0.362. The van der Waals surface area contributed by atoms with Gasteiger partial charge in [0.15, 0.2) is 0 Å². The zero-order chi connectivity index (χ0) is 11.1. The highest BCUT2D eigenvalue weighted by Crippen LogP contribution is 2.38. The Labute approximate surface area is 96.4 Å². The molecule has 2 atom stereocenters. The average Bonchev–Trinajstić information content (AvgIpc) is 3.01. The van der Waals surface area contributed by atoms with Crippen molar-refractivity contribution in [3.8, 4) is 0 Å². The summed E-state index contributed by atoms with van der Waals surface area (Å²) in [6.45, 7) is 4.33. The van der Waals surface area contributed by atoms with Crippen LogP contribution in [-0.4, -0.2) is 28.7 Å². The Kier molecular flexibility index (Phi) is 2.39.